The Labute approximate surface area is 133 Å². The highest BCUT2D eigenvalue weighted by Gasteiger charge is 2.14. The Kier molecular flexibility index (Phi) is 5.01. The van der Waals surface area contributed by atoms with E-state index in [1.54, 1.807) is 12.1 Å². The molecule has 4 N–H and O–H groups in total. The first kappa shape index (κ1) is 15.9. The molecule has 0 aliphatic heterocycles. The molecule has 1 heterocycles. The van der Waals surface area contributed by atoms with Crippen molar-refractivity contribution in [2.24, 2.45) is 0 Å². The van der Waals surface area contributed by atoms with Crippen molar-refractivity contribution in [1.29, 1.82) is 0 Å². The molecular formula is C16H16ClN3O2. The summed E-state index contributed by atoms with van der Waals surface area (Å²) < 4.78 is 0. The summed E-state index contributed by atoms with van der Waals surface area (Å²) in [4.78, 5) is 15.2. The number of nitrogens with one attached hydrogen (secondary N) is 1. The number of benzene rings is 1. The maximum atomic E-state index is 10.9. The average Bonchev–Trinajstić information content (AvgIpc) is 2.46. The maximum absolute atomic E-state index is 10.9. The van der Waals surface area contributed by atoms with Crippen LogP contribution in [0.25, 0.3) is 11.3 Å². The first-order valence-electron chi connectivity index (χ1n) is 6.63. The lowest BCUT2D eigenvalue weighted by Crippen LogP contribution is -2.26. The van der Waals surface area contributed by atoms with E-state index >= 15 is 0 Å². The summed E-state index contributed by atoms with van der Waals surface area (Å²) in [5, 5.41) is 11.9. The Morgan fingerprint density at radius 3 is 2.91 bits per heavy atom. The van der Waals surface area contributed by atoms with Crippen LogP contribution in [0.5, 0.6) is 0 Å². The minimum atomic E-state index is -1.08. The molecule has 6 heteroatoms. The Morgan fingerprint density at radius 2 is 2.27 bits per heavy atom. The van der Waals surface area contributed by atoms with Crippen LogP contribution in [0.4, 0.5) is 10.5 Å². The molecule has 0 aliphatic rings. The van der Waals surface area contributed by atoms with Crippen LogP contribution >= 0.6 is 11.6 Å². The van der Waals surface area contributed by atoms with E-state index in [0.29, 0.717) is 22.8 Å². The molecule has 5 nitrogen and oxygen atoms in total. The molecule has 2 rings (SSSR count). The van der Waals surface area contributed by atoms with Crippen molar-refractivity contribution in [2.45, 2.75) is 12.5 Å². The van der Waals surface area contributed by atoms with E-state index in [9.17, 15) is 4.79 Å². The second kappa shape index (κ2) is 6.95. The van der Waals surface area contributed by atoms with Crippen molar-refractivity contribution in [3.8, 4) is 11.3 Å². The number of nitrogens with zero attached hydrogens (tertiary/aromatic N) is 1. The first-order valence-corrected chi connectivity index (χ1v) is 7.00. The van der Waals surface area contributed by atoms with Crippen LogP contribution in [0.3, 0.4) is 0 Å². The van der Waals surface area contributed by atoms with Crippen molar-refractivity contribution < 1.29 is 9.90 Å². The number of rotatable bonds is 5. The van der Waals surface area contributed by atoms with Gasteiger partial charge in [0.1, 0.15) is 0 Å². The van der Waals surface area contributed by atoms with Crippen LogP contribution in [-0.2, 0) is 0 Å². The number of nitrogens with two attached hydrogens (primary N) is 1. The zero-order valence-electron chi connectivity index (χ0n) is 11.8. The second-order valence-corrected chi connectivity index (χ2v) is 5.18. The number of carboxylic acid groups (broad SMARTS) is 1. The maximum Gasteiger partial charge on any atom is 0.405 e. The number of hydrogen-bond acceptors (Lipinski definition) is 3. The molecule has 0 saturated heterocycles. The van der Waals surface area contributed by atoms with Crippen LogP contribution < -0.4 is 11.1 Å². The van der Waals surface area contributed by atoms with E-state index in [-0.39, 0.29) is 6.04 Å². The molecule has 0 saturated carbocycles. The van der Waals surface area contributed by atoms with E-state index in [1.807, 2.05) is 24.3 Å². The predicted molar refractivity (Wildman–Crippen MR) is 87.8 cm³/mol. The molecule has 0 aliphatic carbocycles. The third-order valence-corrected chi connectivity index (χ3v) is 3.35. The monoisotopic (exact) mass is 317 g/mol. The molecule has 1 aromatic carbocycles. The molecular weight excluding hydrogens is 302 g/mol. The molecule has 0 unspecified atom stereocenters. The summed E-state index contributed by atoms with van der Waals surface area (Å²) in [5.74, 6) is 0. The Balaban J connectivity index is 2.39. The predicted octanol–water partition coefficient (Wildman–Crippen LogP) is 3.87. The normalized spacial score (nSPS) is 11.7. The highest BCUT2D eigenvalue weighted by atomic mass is 35.5. The molecule has 0 radical (unpaired) electrons. The van der Waals surface area contributed by atoms with Crippen LogP contribution in [-0.4, -0.2) is 16.2 Å². The van der Waals surface area contributed by atoms with Crippen LogP contribution in [0, 0.1) is 0 Å². The SMILES string of the molecule is C=CC[C@H](NC(=O)O)c1cccc(-c2ncc(Cl)cc2N)c1. The number of amides is 1. The Bertz CT molecular complexity index is 704. The van der Waals surface area contributed by atoms with Crippen LogP contribution in [0.15, 0.2) is 49.2 Å². The van der Waals surface area contributed by atoms with Gasteiger partial charge in [0.05, 0.1) is 22.4 Å². The minimum absolute atomic E-state index is 0.372. The third-order valence-electron chi connectivity index (χ3n) is 3.15. The van der Waals surface area contributed by atoms with Gasteiger partial charge in [-0.2, -0.15) is 0 Å². The van der Waals surface area contributed by atoms with Gasteiger partial charge in [-0.1, -0.05) is 35.9 Å². The van der Waals surface area contributed by atoms with Gasteiger partial charge < -0.3 is 16.2 Å². The summed E-state index contributed by atoms with van der Waals surface area (Å²) in [6.45, 7) is 3.66. The Hall–Kier alpha value is -2.53. The second-order valence-electron chi connectivity index (χ2n) is 4.74. The fourth-order valence-corrected chi connectivity index (χ4v) is 2.36. The summed E-state index contributed by atoms with van der Waals surface area (Å²) >= 11 is 5.86. The van der Waals surface area contributed by atoms with Gasteiger partial charge in [-0.15, -0.1) is 6.58 Å². The molecule has 1 amide bonds. The number of carbonyl (C=O) groups is 1. The first-order chi connectivity index (χ1) is 10.5. The van der Waals surface area contributed by atoms with Gasteiger partial charge in [0.2, 0.25) is 0 Å². The number of nitrogen functional groups attached to an aromatic ring is 1. The zero-order valence-corrected chi connectivity index (χ0v) is 12.5. The van der Waals surface area contributed by atoms with Crippen molar-refractivity contribution in [3.63, 3.8) is 0 Å². The molecule has 1 atom stereocenters. The van der Waals surface area contributed by atoms with E-state index in [2.05, 4.69) is 16.9 Å². The van der Waals surface area contributed by atoms with Gasteiger partial charge in [-0.25, -0.2) is 4.79 Å². The zero-order chi connectivity index (χ0) is 16.1. The standard InChI is InChI=1S/C16H16ClN3O2/c1-2-4-14(20-16(21)22)10-5-3-6-11(7-10)15-13(18)8-12(17)9-19-15/h2-3,5-9,14,20H,1,4,18H2,(H,21,22)/t14-/m0/s1. The smallest absolute Gasteiger partial charge is 0.405 e. The molecule has 2 aromatic rings. The summed E-state index contributed by atoms with van der Waals surface area (Å²) in [6.07, 6.45) is 2.60. The quantitative estimate of drug-likeness (QED) is 0.730. The van der Waals surface area contributed by atoms with Gasteiger partial charge in [-0.3, -0.25) is 4.98 Å². The van der Waals surface area contributed by atoms with Crippen molar-refractivity contribution in [3.05, 3.63) is 59.8 Å². The van der Waals surface area contributed by atoms with Crippen molar-refractivity contribution in [2.75, 3.05) is 5.73 Å². The lowest BCUT2D eigenvalue weighted by molar-refractivity contribution is 0.190. The van der Waals surface area contributed by atoms with E-state index in [1.165, 1.54) is 6.20 Å². The molecule has 114 valence electrons. The number of pyridine rings is 1. The molecule has 0 spiro atoms. The van der Waals surface area contributed by atoms with Crippen LogP contribution in [0.1, 0.15) is 18.0 Å². The number of anilines is 1. The largest absolute Gasteiger partial charge is 0.465 e. The van der Waals surface area contributed by atoms with E-state index < -0.39 is 6.09 Å². The Morgan fingerprint density at radius 1 is 1.50 bits per heavy atom. The molecule has 0 bridgehead atoms. The topological polar surface area (TPSA) is 88.2 Å². The fraction of sp³-hybridized carbons (Fsp3) is 0.125. The van der Waals surface area contributed by atoms with Crippen molar-refractivity contribution in [1.82, 2.24) is 10.3 Å². The third kappa shape index (κ3) is 3.77. The lowest BCUT2D eigenvalue weighted by Gasteiger charge is -2.16. The summed E-state index contributed by atoms with van der Waals surface area (Å²) in [5.41, 5.74) is 8.64. The highest BCUT2D eigenvalue weighted by molar-refractivity contribution is 6.30. The minimum Gasteiger partial charge on any atom is -0.465 e. The molecule has 0 fully saturated rings. The van der Waals surface area contributed by atoms with Gasteiger partial charge in [0.25, 0.3) is 0 Å². The number of hydrogen-bond donors (Lipinski definition) is 3. The highest BCUT2D eigenvalue weighted by Crippen LogP contribution is 2.28. The van der Waals surface area contributed by atoms with Gasteiger partial charge >= 0.3 is 6.09 Å². The van der Waals surface area contributed by atoms with Crippen LogP contribution in [0.2, 0.25) is 5.02 Å². The van der Waals surface area contributed by atoms with E-state index in [4.69, 9.17) is 22.4 Å². The number of aromatic nitrogens is 1. The van der Waals surface area contributed by atoms with E-state index in [0.717, 1.165) is 11.1 Å². The van der Waals surface area contributed by atoms with Gasteiger partial charge in [0, 0.05) is 11.8 Å². The van der Waals surface area contributed by atoms with Gasteiger partial charge in [-0.05, 0) is 24.1 Å². The average molecular weight is 318 g/mol. The molecule has 1 aromatic heterocycles. The van der Waals surface area contributed by atoms with Crippen molar-refractivity contribution >= 4 is 23.4 Å². The number of halogens is 1. The fourth-order valence-electron chi connectivity index (χ4n) is 2.19. The lowest BCUT2D eigenvalue weighted by atomic mass is 9.99. The summed E-state index contributed by atoms with van der Waals surface area (Å²) in [7, 11) is 0. The van der Waals surface area contributed by atoms with Gasteiger partial charge in [0.15, 0.2) is 0 Å². The molecule has 22 heavy (non-hydrogen) atoms. The summed E-state index contributed by atoms with van der Waals surface area (Å²) in [6, 6.07) is 8.66.